The van der Waals surface area contributed by atoms with E-state index < -0.39 is 41.9 Å². The minimum Gasteiger partial charge on any atom is -0.497 e. The number of benzene rings is 4. The van der Waals surface area contributed by atoms with E-state index in [2.05, 4.69) is 5.32 Å². The summed E-state index contributed by atoms with van der Waals surface area (Å²) in [5, 5.41) is 2.84. The lowest BCUT2D eigenvalue weighted by atomic mass is 10.0. The molecule has 206 valence electrons. The number of ketones is 1. The SMILES string of the molecule is COc1ccc(NC(=O)[C@@H](c2ccccc2)N(Cc2ccccc2F)C(=O)CN2C(=O)C(=O)c3ccccc32)cc1. The lowest BCUT2D eigenvalue weighted by Crippen LogP contribution is -2.46. The largest absolute Gasteiger partial charge is 0.497 e. The van der Waals surface area contributed by atoms with Crippen LogP contribution in [0, 0.1) is 5.82 Å². The van der Waals surface area contributed by atoms with Crippen molar-refractivity contribution in [3.05, 3.63) is 126 Å². The number of carbonyl (C=O) groups excluding carboxylic acids is 4. The maximum absolute atomic E-state index is 14.9. The Bertz CT molecular complexity index is 1610. The first kappa shape index (κ1) is 27.3. The Balaban J connectivity index is 1.53. The van der Waals surface area contributed by atoms with Gasteiger partial charge in [-0.1, -0.05) is 60.7 Å². The molecule has 0 bridgehead atoms. The van der Waals surface area contributed by atoms with Crippen molar-refractivity contribution in [2.75, 3.05) is 23.9 Å². The van der Waals surface area contributed by atoms with Gasteiger partial charge in [0.15, 0.2) is 0 Å². The molecule has 0 aromatic heterocycles. The number of fused-ring (bicyclic) bond motifs is 1. The van der Waals surface area contributed by atoms with Crippen molar-refractivity contribution in [3.8, 4) is 5.75 Å². The molecule has 0 saturated carbocycles. The van der Waals surface area contributed by atoms with Gasteiger partial charge in [0.25, 0.3) is 17.6 Å². The van der Waals surface area contributed by atoms with Crippen LogP contribution in [0.4, 0.5) is 15.8 Å². The number of nitrogens with one attached hydrogen (secondary N) is 1. The molecular formula is C32H26FN3O5. The van der Waals surface area contributed by atoms with E-state index in [-0.39, 0.29) is 17.7 Å². The van der Waals surface area contributed by atoms with Crippen molar-refractivity contribution in [1.29, 1.82) is 0 Å². The molecule has 1 aliphatic rings. The monoisotopic (exact) mass is 551 g/mol. The molecule has 9 heteroatoms. The van der Waals surface area contributed by atoms with E-state index in [0.29, 0.717) is 22.7 Å². The fourth-order valence-electron chi connectivity index (χ4n) is 4.76. The Morgan fingerprint density at radius 2 is 1.54 bits per heavy atom. The molecule has 8 nitrogen and oxygen atoms in total. The predicted molar refractivity (Wildman–Crippen MR) is 151 cm³/mol. The van der Waals surface area contributed by atoms with Crippen LogP contribution in [0.3, 0.4) is 0 Å². The van der Waals surface area contributed by atoms with Crippen molar-refractivity contribution >= 4 is 34.9 Å². The summed E-state index contributed by atoms with van der Waals surface area (Å²) in [6, 6.07) is 26.5. The number of methoxy groups -OCH3 is 1. The van der Waals surface area contributed by atoms with Crippen molar-refractivity contribution < 1.29 is 28.3 Å². The van der Waals surface area contributed by atoms with Crippen LogP contribution >= 0.6 is 0 Å². The average Bonchev–Trinajstić information content (AvgIpc) is 3.23. The predicted octanol–water partition coefficient (Wildman–Crippen LogP) is 4.77. The molecule has 0 spiro atoms. The summed E-state index contributed by atoms with van der Waals surface area (Å²) in [5.41, 5.74) is 1.63. The van der Waals surface area contributed by atoms with Crippen LogP contribution < -0.4 is 15.0 Å². The van der Waals surface area contributed by atoms with Crippen LogP contribution in [0.1, 0.15) is 27.5 Å². The maximum Gasteiger partial charge on any atom is 0.299 e. The Hall–Kier alpha value is -5.31. The molecule has 0 saturated heterocycles. The van der Waals surface area contributed by atoms with Crippen molar-refractivity contribution in [3.63, 3.8) is 0 Å². The third kappa shape index (κ3) is 5.69. The fraction of sp³-hybridized carbons (Fsp3) is 0.125. The number of hydrogen-bond acceptors (Lipinski definition) is 5. The number of rotatable bonds is 9. The van der Waals surface area contributed by atoms with Gasteiger partial charge in [0.2, 0.25) is 5.91 Å². The number of hydrogen-bond donors (Lipinski definition) is 1. The number of amides is 3. The number of Topliss-reactive ketones (excluding diaryl/α,β-unsaturated/α-hetero) is 1. The molecule has 5 rings (SSSR count). The maximum atomic E-state index is 14.9. The molecule has 4 aromatic carbocycles. The zero-order valence-corrected chi connectivity index (χ0v) is 22.1. The van der Waals surface area contributed by atoms with E-state index >= 15 is 0 Å². The molecule has 1 aliphatic heterocycles. The van der Waals surface area contributed by atoms with Gasteiger partial charge in [-0.15, -0.1) is 0 Å². The highest BCUT2D eigenvalue weighted by Crippen LogP contribution is 2.31. The van der Waals surface area contributed by atoms with E-state index in [0.717, 1.165) is 4.90 Å². The first-order chi connectivity index (χ1) is 19.9. The first-order valence-corrected chi connectivity index (χ1v) is 12.9. The minimum atomic E-state index is -1.20. The summed E-state index contributed by atoms with van der Waals surface area (Å²) in [6.45, 7) is -0.784. The van der Waals surface area contributed by atoms with E-state index in [1.54, 1.807) is 78.9 Å². The number of para-hydroxylation sites is 1. The minimum absolute atomic E-state index is 0.184. The van der Waals surface area contributed by atoms with Crippen LogP contribution in [0.5, 0.6) is 5.75 Å². The summed E-state index contributed by atoms with van der Waals surface area (Å²) in [5.74, 6) is -2.70. The second-order valence-electron chi connectivity index (χ2n) is 9.38. The van der Waals surface area contributed by atoms with Gasteiger partial charge in [-0.3, -0.25) is 24.1 Å². The third-order valence-corrected chi connectivity index (χ3v) is 6.82. The zero-order valence-electron chi connectivity index (χ0n) is 22.1. The van der Waals surface area contributed by atoms with Crippen molar-refractivity contribution in [2.24, 2.45) is 0 Å². The van der Waals surface area contributed by atoms with Gasteiger partial charge in [-0.05, 0) is 48.0 Å². The zero-order chi connectivity index (χ0) is 28.9. The van der Waals surface area contributed by atoms with Crippen LogP contribution in [0.25, 0.3) is 0 Å². The number of anilines is 2. The molecule has 1 heterocycles. The first-order valence-electron chi connectivity index (χ1n) is 12.9. The Kier molecular flexibility index (Phi) is 7.87. The average molecular weight is 552 g/mol. The van der Waals surface area contributed by atoms with Crippen LogP contribution in [-0.2, 0) is 20.9 Å². The number of ether oxygens (including phenoxy) is 1. The number of carbonyl (C=O) groups is 4. The molecule has 1 atom stereocenters. The molecule has 0 radical (unpaired) electrons. The summed E-state index contributed by atoms with van der Waals surface area (Å²) in [4.78, 5) is 55.7. The van der Waals surface area contributed by atoms with E-state index in [1.165, 1.54) is 36.3 Å². The van der Waals surface area contributed by atoms with Crippen LogP contribution in [-0.4, -0.2) is 42.1 Å². The number of nitrogens with zero attached hydrogens (tertiary/aromatic N) is 2. The van der Waals surface area contributed by atoms with Crippen LogP contribution in [0.2, 0.25) is 0 Å². The Morgan fingerprint density at radius 3 is 2.24 bits per heavy atom. The van der Waals surface area contributed by atoms with Gasteiger partial charge in [0, 0.05) is 17.8 Å². The van der Waals surface area contributed by atoms with Crippen LogP contribution in [0.15, 0.2) is 103 Å². The van der Waals surface area contributed by atoms with Crippen molar-refractivity contribution in [2.45, 2.75) is 12.6 Å². The molecular weight excluding hydrogens is 525 g/mol. The van der Waals surface area contributed by atoms with Gasteiger partial charge in [0.1, 0.15) is 24.2 Å². The Labute approximate surface area is 236 Å². The van der Waals surface area contributed by atoms with Gasteiger partial charge in [0.05, 0.1) is 18.4 Å². The highest BCUT2D eigenvalue weighted by Gasteiger charge is 2.39. The van der Waals surface area contributed by atoms with Gasteiger partial charge >= 0.3 is 0 Å². The normalized spacial score (nSPS) is 13.0. The summed E-state index contributed by atoms with van der Waals surface area (Å²) >= 11 is 0. The molecule has 3 amide bonds. The molecule has 4 aromatic rings. The van der Waals surface area contributed by atoms with E-state index in [4.69, 9.17) is 4.74 Å². The molecule has 0 unspecified atom stereocenters. The quantitative estimate of drug-likeness (QED) is 0.302. The third-order valence-electron chi connectivity index (χ3n) is 6.82. The topological polar surface area (TPSA) is 96.0 Å². The highest BCUT2D eigenvalue weighted by atomic mass is 19.1. The number of halogens is 1. The molecule has 1 N–H and O–H groups in total. The molecule has 41 heavy (non-hydrogen) atoms. The lowest BCUT2D eigenvalue weighted by Gasteiger charge is -2.33. The van der Waals surface area contributed by atoms with E-state index in [9.17, 15) is 23.6 Å². The summed E-state index contributed by atoms with van der Waals surface area (Å²) in [7, 11) is 1.53. The molecule has 0 fully saturated rings. The fourth-order valence-corrected chi connectivity index (χ4v) is 4.76. The van der Waals surface area contributed by atoms with E-state index in [1.807, 2.05) is 0 Å². The summed E-state index contributed by atoms with van der Waals surface area (Å²) < 4.78 is 20.0. The van der Waals surface area contributed by atoms with Gasteiger partial charge in [-0.2, -0.15) is 0 Å². The smallest absolute Gasteiger partial charge is 0.299 e. The second-order valence-corrected chi connectivity index (χ2v) is 9.38. The second kappa shape index (κ2) is 11.8. The highest BCUT2D eigenvalue weighted by molar-refractivity contribution is 6.52. The summed E-state index contributed by atoms with van der Waals surface area (Å²) in [6.07, 6.45) is 0. The lowest BCUT2D eigenvalue weighted by molar-refractivity contribution is -0.139. The standard InChI is InChI=1S/C32H26FN3O5/c1-41-24-17-15-23(16-18-24)34-31(39)29(21-9-3-2-4-10-21)36(19-22-11-5-7-13-26(22)33)28(37)20-35-27-14-8-6-12-25(27)30(38)32(35)40/h2-18,29H,19-20H2,1H3,(H,34,39)/t29-/m1/s1. The molecule has 0 aliphatic carbocycles. The van der Waals surface area contributed by atoms with Gasteiger partial charge in [-0.25, -0.2) is 4.39 Å². The Morgan fingerprint density at radius 1 is 0.878 bits per heavy atom. The van der Waals surface area contributed by atoms with Gasteiger partial charge < -0.3 is 15.0 Å². The van der Waals surface area contributed by atoms with Crippen molar-refractivity contribution in [1.82, 2.24) is 4.90 Å².